The molecule has 1 amide bonds. The molecule has 0 saturated carbocycles. The molecule has 1 N–H and O–H groups in total. The fourth-order valence-electron chi connectivity index (χ4n) is 1.93. The molecule has 2 rings (SSSR count). The number of alkyl halides is 1. The van der Waals surface area contributed by atoms with Gasteiger partial charge in [-0.1, -0.05) is 40.2 Å². The van der Waals surface area contributed by atoms with E-state index in [1.807, 2.05) is 49.4 Å². The van der Waals surface area contributed by atoms with E-state index >= 15 is 0 Å². The predicted octanol–water partition coefficient (Wildman–Crippen LogP) is 4.68. The Balaban J connectivity index is 2.10. The zero-order valence-corrected chi connectivity index (χ0v) is 13.4. The average molecular weight is 353 g/mol. The Kier molecular flexibility index (Phi) is 5.21. The first kappa shape index (κ1) is 15.1. The Labute approximate surface area is 132 Å². The molecule has 0 unspecified atom stereocenters. The van der Waals surface area contributed by atoms with Crippen molar-refractivity contribution in [3.05, 3.63) is 69.7 Å². The summed E-state index contributed by atoms with van der Waals surface area (Å²) in [4.78, 5) is 12.2. The number of halogens is 2. The molecular weight excluding hydrogens is 338 g/mol. The van der Waals surface area contributed by atoms with Crippen molar-refractivity contribution in [3.8, 4) is 0 Å². The maximum Gasteiger partial charge on any atom is 0.251 e. The van der Waals surface area contributed by atoms with E-state index in [2.05, 4.69) is 21.2 Å². The SMILES string of the molecule is C[C@@H](NC(=O)c1cccc(CCl)c1)c1cccc(Br)c1. The molecule has 0 heterocycles. The molecule has 0 aliphatic heterocycles. The minimum Gasteiger partial charge on any atom is -0.346 e. The van der Waals surface area contributed by atoms with E-state index in [1.165, 1.54) is 0 Å². The number of carbonyl (C=O) groups is 1. The van der Waals surface area contributed by atoms with E-state index in [1.54, 1.807) is 6.07 Å². The normalized spacial score (nSPS) is 11.9. The Morgan fingerprint density at radius 1 is 1.25 bits per heavy atom. The first-order valence-electron chi connectivity index (χ1n) is 6.31. The van der Waals surface area contributed by atoms with Gasteiger partial charge in [0, 0.05) is 15.9 Å². The van der Waals surface area contributed by atoms with Crippen LogP contribution in [0.4, 0.5) is 0 Å². The van der Waals surface area contributed by atoms with Crippen molar-refractivity contribution in [1.29, 1.82) is 0 Å². The first-order valence-corrected chi connectivity index (χ1v) is 7.64. The molecule has 1 atom stereocenters. The van der Waals surface area contributed by atoms with Crippen molar-refractivity contribution in [2.75, 3.05) is 0 Å². The number of nitrogens with one attached hydrogen (secondary N) is 1. The van der Waals surface area contributed by atoms with E-state index in [-0.39, 0.29) is 11.9 Å². The van der Waals surface area contributed by atoms with Gasteiger partial charge in [0.1, 0.15) is 0 Å². The second-order valence-corrected chi connectivity index (χ2v) is 5.77. The van der Waals surface area contributed by atoms with Gasteiger partial charge in [-0.2, -0.15) is 0 Å². The summed E-state index contributed by atoms with van der Waals surface area (Å²) in [6, 6.07) is 15.2. The number of benzene rings is 2. The molecule has 0 radical (unpaired) electrons. The number of hydrogen-bond donors (Lipinski definition) is 1. The maximum absolute atomic E-state index is 12.2. The van der Waals surface area contributed by atoms with Crippen molar-refractivity contribution < 1.29 is 4.79 Å². The third kappa shape index (κ3) is 3.84. The van der Waals surface area contributed by atoms with Gasteiger partial charge >= 0.3 is 0 Å². The summed E-state index contributed by atoms with van der Waals surface area (Å²) in [6.07, 6.45) is 0. The van der Waals surface area contributed by atoms with Crippen molar-refractivity contribution in [2.24, 2.45) is 0 Å². The number of hydrogen-bond acceptors (Lipinski definition) is 1. The summed E-state index contributed by atoms with van der Waals surface area (Å²) in [5, 5.41) is 2.99. The predicted molar refractivity (Wildman–Crippen MR) is 86.0 cm³/mol. The lowest BCUT2D eigenvalue weighted by Crippen LogP contribution is -2.26. The zero-order chi connectivity index (χ0) is 14.5. The molecule has 0 aliphatic rings. The molecule has 0 aromatic heterocycles. The van der Waals surface area contributed by atoms with Gasteiger partial charge in [-0.05, 0) is 42.3 Å². The summed E-state index contributed by atoms with van der Waals surface area (Å²) >= 11 is 9.22. The molecule has 0 aliphatic carbocycles. The molecule has 2 aromatic rings. The van der Waals surface area contributed by atoms with Crippen LogP contribution in [0, 0.1) is 0 Å². The van der Waals surface area contributed by atoms with Crippen LogP contribution in [0.1, 0.15) is 34.5 Å². The maximum atomic E-state index is 12.2. The number of carbonyl (C=O) groups excluding carboxylic acids is 1. The molecule has 0 spiro atoms. The second-order valence-electron chi connectivity index (χ2n) is 4.58. The summed E-state index contributed by atoms with van der Waals surface area (Å²) in [5.74, 6) is 0.312. The molecular formula is C16H15BrClNO. The Morgan fingerprint density at radius 3 is 2.70 bits per heavy atom. The third-order valence-electron chi connectivity index (χ3n) is 3.04. The molecule has 2 aromatic carbocycles. The monoisotopic (exact) mass is 351 g/mol. The molecule has 0 fully saturated rings. The van der Waals surface area contributed by atoms with Crippen LogP contribution in [-0.4, -0.2) is 5.91 Å². The van der Waals surface area contributed by atoms with E-state index in [0.29, 0.717) is 11.4 Å². The molecule has 2 nitrogen and oxygen atoms in total. The van der Waals surface area contributed by atoms with Crippen LogP contribution in [-0.2, 0) is 5.88 Å². The Hall–Kier alpha value is -1.32. The summed E-state index contributed by atoms with van der Waals surface area (Å²) < 4.78 is 1.00. The van der Waals surface area contributed by atoms with Crippen LogP contribution in [0.2, 0.25) is 0 Å². The summed E-state index contributed by atoms with van der Waals surface area (Å²) in [6.45, 7) is 1.96. The van der Waals surface area contributed by atoms with Crippen LogP contribution in [0.3, 0.4) is 0 Å². The number of rotatable bonds is 4. The van der Waals surface area contributed by atoms with Crippen LogP contribution in [0.5, 0.6) is 0 Å². The molecule has 0 saturated heterocycles. The van der Waals surface area contributed by atoms with Crippen LogP contribution < -0.4 is 5.32 Å². The quantitative estimate of drug-likeness (QED) is 0.795. The van der Waals surface area contributed by atoms with Crippen molar-refractivity contribution >= 4 is 33.4 Å². The smallest absolute Gasteiger partial charge is 0.251 e. The zero-order valence-electron chi connectivity index (χ0n) is 11.1. The van der Waals surface area contributed by atoms with Gasteiger partial charge in [-0.3, -0.25) is 4.79 Å². The highest BCUT2D eigenvalue weighted by atomic mass is 79.9. The largest absolute Gasteiger partial charge is 0.346 e. The first-order chi connectivity index (χ1) is 9.60. The van der Waals surface area contributed by atoms with Crippen LogP contribution in [0.25, 0.3) is 0 Å². The number of amides is 1. The van der Waals surface area contributed by atoms with Crippen molar-refractivity contribution in [2.45, 2.75) is 18.8 Å². The lowest BCUT2D eigenvalue weighted by atomic mass is 10.1. The third-order valence-corrected chi connectivity index (χ3v) is 3.84. The minimum atomic E-state index is -0.0931. The molecule has 104 valence electrons. The lowest BCUT2D eigenvalue weighted by Gasteiger charge is -2.15. The molecule has 0 bridgehead atoms. The topological polar surface area (TPSA) is 29.1 Å². The summed E-state index contributed by atoms with van der Waals surface area (Å²) in [5.41, 5.74) is 2.63. The summed E-state index contributed by atoms with van der Waals surface area (Å²) in [7, 11) is 0. The molecule has 20 heavy (non-hydrogen) atoms. The van der Waals surface area contributed by atoms with E-state index in [0.717, 1.165) is 15.6 Å². The van der Waals surface area contributed by atoms with Crippen molar-refractivity contribution in [3.63, 3.8) is 0 Å². The second kappa shape index (κ2) is 6.91. The standard InChI is InChI=1S/C16H15BrClNO/c1-11(13-5-3-7-15(17)9-13)19-16(20)14-6-2-4-12(8-14)10-18/h2-9,11H,10H2,1H3,(H,19,20)/t11-/m1/s1. The van der Waals surface area contributed by atoms with Gasteiger partial charge in [-0.25, -0.2) is 0 Å². The van der Waals surface area contributed by atoms with Gasteiger partial charge in [0.15, 0.2) is 0 Å². The Morgan fingerprint density at radius 2 is 2.00 bits per heavy atom. The van der Waals surface area contributed by atoms with Gasteiger partial charge in [0.25, 0.3) is 5.91 Å². The fraction of sp³-hybridized carbons (Fsp3) is 0.188. The van der Waals surface area contributed by atoms with Crippen molar-refractivity contribution in [1.82, 2.24) is 5.32 Å². The van der Waals surface area contributed by atoms with E-state index < -0.39 is 0 Å². The van der Waals surface area contributed by atoms with E-state index in [9.17, 15) is 4.79 Å². The fourth-order valence-corrected chi connectivity index (χ4v) is 2.52. The molecule has 4 heteroatoms. The van der Waals surface area contributed by atoms with Gasteiger partial charge < -0.3 is 5.32 Å². The highest BCUT2D eigenvalue weighted by Gasteiger charge is 2.11. The Bertz CT molecular complexity index is 615. The minimum absolute atomic E-state index is 0.0559. The van der Waals surface area contributed by atoms with Crippen LogP contribution in [0.15, 0.2) is 53.0 Å². The lowest BCUT2D eigenvalue weighted by molar-refractivity contribution is 0.0940. The highest BCUT2D eigenvalue weighted by molar-refractivity contribution is 9.10. The van der Waals surface area contributed by atoms with E-state index in [4.69, 9.17) is 11.6 Å². The van der Waals surface area contributed by atoms with Gasteiger partial charge in [0.05, 0.1) is 6.04 Å². The average Bonchev–Trinajstić information content (AvgIpc) is 2.47. The highest BCUT2D eigenvalue weighted by Crippen LogP contribution is 2.18. The van der Waals surface area contributed by atoms with Gasteiger partial charge in [-0.15, -0.1) is 11.6 Å². The van der Waals surface area contributed by atoms with Crippen LogP contribution >= 0.6 is 27.5 Å². The van der Waals surface area contributed by atoms with Gasteiger partial charge in [0.2, 0.25) is 0 Å².